The van der Waals surface area contributed by atoms with Gasteiger partial charge in [0.15, 0.2) is 0 Å². The summed E-state index contributed by atoms with van der Waals surface area (Å²) in [5.41, 5.74) is 2.10. The van der Waals surface area contributed by atoms with Crippen LogP contribution < -0.4 is 15.5 Å². The normalized spacial score (nSPS) is 14.8. The predicted molar refractivity (Wildman–Crippen MR) is 119 cm³/mol. The van der Waals surface area contributed by atoms with Crippen molar-refractivity contribution >= 4 is 29.3 Å². The summed E-state index contributed by atoms with van der Waals surface area (Å²) in [4.78, 5) is 40.4. The van der Waals surface area contributed by atoms with Crippen LogP contribution in [-0.4, -0.2) is 60.1 Å². The van der Waals surface area contributed by atoms with Gasteiger partial charge in [-0.1, -0.05) is 44.2 Å². The number of hydrogen-bond donors (Lipinski definition) is 3. The molecule has 31 heavy (non-hydrogen) atoms. The summed E-state index contributed by atoms with van der Waals surface area (Å²) in [5, 5.41) is 14.6. The number of carbonyl (C=O) groups is 3. The Hall–Kier alpha value is -3.55. The topological polar surface area (TPSA) is 102 Å². The fraction of sp³-hybridized carbons (Fsp3) is 0.348. The van der Waals surface area contributed by atoms with Crippen LogP contribution in [0.2, 0.25) is 0 Å². The molecule has 0 saturated carbocycles. The molecule has 1 atom stereocenters. The van der Waals surface area contributed by atoms with Crippen LogP contribution >= 0.6 is 0 Å². The van der Waals surface area contributed by atoms with E-state index >= 15 is 0 Å². The van der Waals surface area contributed by atoms with Crippen LogP contribution in [0.1, 0.15) is 24.2 Å². The number of carbonyl (C=O) groups excluding carboxylic acids is 2. The lowest BCUT2D eigenvalue weighted by atomic mass is 10.1. The Morgan fingerprint density at radius 1 is 0.903 bits per heavy atom. The highest BCUT2D eigenvalue weighted by molar-refractivity contribution is 5.96. The molecule has 3 N–H and O–H groups in total. The predicted octanol–water partition coefficient (Wildman–Crippen LogP) is 2.88. The molecule has 3 rings (SSSR count). The third kappa shape index (κ3) is 5.53. The van der Waals surface area contributed by atoms with Gasteiger partial charge in [-0.05, 0) is 30.2 Å². The number of amides is 3. The molecular formula is C23H28N4O4. The van der Waals surface area contributed by atoms with Gasteiger partial charge in [-0.2, -0.15) is 0 Å². The average Bonchev–Trinajstić information content (AvgIpc) is 2.77. The van der Waals surface area contributed by atoms with Crippen LogP contribution in [0.5, 0.6) is 0 Å². The van der Waals surface area contributed by atoms with E-state index < -0.39 is 18.0 Å². The zero-order chi connectivity index (χ0) is 22.4. The largest absolute Gasteiger partial charge is 0.480 e. The molecule has 1 fully saturated rings. The zero-order valence-electron chi connectivity index (χ0n) is 17.7. The summed E-state index contributed by atoms with van der Waals surface area (Å²) in [7, 11) is 0. The maximum absolute atomic E-state index is 12.7. The van der Waals surface area contributed by atoms with E-state index in [0.29, 0.717) is 37.4 Å². The first kappa shape index (κ1) is 22.1. The second kappa shape index (κ2) is 9.97. The van der Waals surface area contributed by atoms with Crippen LogP contribution in [0.25, 0.3) is 0 Å². The van der Waals surface area contributed by atoms with Gasteiger partial charge in [0.25, 0.3) is 5.91 Å². The van der Waals surface area contributed by atoms with E-state index in [9.17, 15) is 19.5 Å². The number of nitrogens with zero attached hydrogens (tertiary/aromatic N) is 2. The molecule has 164 valence electrons. The number of piperazine rings is 1. The molecule has 1 aliphatic heterocycles. The lowest BCUT2D eigenvalue weighted by Gasteiger charge is -2.37. The van der Waals surface area contributed by atoms with Crippen molar-refractivity contribution in [3.63, 3.8) is 0 Å². The molecule has 8 nitrogen and oxygen atoms in total. The molecule has 1 aliphatic rings. The lowest BCUT2D eigenvalue weighted by molar-refractivity contribution is -0.140. The Morgan fingerprint density at radius 2 is 1.52 bits per heavy atom. The minimum atomic E-state index is -1.07. The second-order valence-electron chi connectivity index (χ2n) is 7.82. The molecule has 1 saturated heterocycles. The van der Waals surface area contributed by atoms with Gasteiger partial charge in [0.05, 0.1) is 11.4 Å². The first-order valence-corrected chi connectivity index (χ1v) is 10.4. The number of rotatable bonds is 6. The number of benzene rings is 2. The van der Waals surface area contributed by atoms with Crippen molar-refractivity contribution in [2.45, 2.75) is 19.9 Å². The third-order valence-electron chi connectivity index (χ3n) is 5.30. The highest BCUT2D eigenvalue weighted by Gasteiger charge is 2.26. The highest BCUT2D eigenvalue weighted by Crippen LogP contribution is 2.27. The van der Waals surface area contributed by atoms with Gasteiger partial charge in [-0.3, -0.25) is 4.79 Å². The van der Waals surface area contributed by atoms with Crippen LogP contribution in [0.15, 0.2) is 54.6 Å². The summed E-state index contributed by atoms with van der Waals surface area (Å²) < 4.78 is 0. The monoisotopic (exact) mass is 424 g/mol. The van der Waals surface area contributed by atoms with E-state index in [1.165, 1.54) is 0 Å². The van der Waals surface area contributed by atoms with Gasteiger partial charge >= 0.3 is 12.0 Å². The standard InChI is InChI=1S/C23H28N4O4/c1-16(2)20(22(29)30)25-23(31)24-18-10-6-7-11-19(18)26-12-14-27(15-13-26)21(28)17-8-4-3-5-9-17/h3-11,16,20H,12-15H2,1-2H3,(H,29,30)(H2,24,25,31). The minimum absolute atomic E-state index is 0.0134. The van der Waals surface area contributed by atoms with Crippen molar-refractivity contribution in [1.29, 1.82) is 0 Å². The van der Waals surface area contributed by atoms with Crippen LogP contribution in [-0.2, 0) is 4.79 Å². The van der Waals surface area contributed by atoms with Crippen molar-refractivity contribution in [3.8, 4) is 0 Å². The van der Waals surface area contributed by atoms with E-state index in [4.69, 9.17) is 0 Å². The molecule has 2 aromatic carbocycles. The minimum Gasteiger partial charge on any atom is -0.480 e. The van der Waals surface area contributed by atoms with Crippen molar-refractivity contribution in [1.82, 2.24) is 10.2 Å². The first-order valence-electron chi connectivity index (χ1n) is 10.4. The van der Waals surface area contributed by atoms with Crippen molar-refractivity contribution in [3.05, 3.63) is 60.2 Å². The van der Waals surface area contributed by atoms with Crippen molar-refractivity contribution in [2.75, 3.05) is 36.4 Å². The van der Waals surface area contributed by atoms with Gasteiger partial charge < -0.3 is 25.5 Å². The first-order chi connectivity index (χ1) is 14.9. The Balaban J connectivity index is 1.64. The molecule has 0 radical (unpaired) electrons. The van der Waals surface area contributed by atoms with E-state index in [1.54, 1.807) is 19.9 Å². The number of aliphatic carboxylic acids is 1. The van der Waals surface area contributed by atoms with E-state index in [-0.39, 0.29) is 11.8 Å². The average molecular weight is 425 g/mol. The number of carboxylic acid groups (broad SMARTS) is 1. The molecule has 3 amide bonds. The third-order valence-corrected chi connectivity index (χ3v) is 5.30. The van der Waals surface area contributed by atoms with Crippen molar-refractivity contribution in [2.24, 2.45) is 5.92 Å². The molecule has 0 aliphatic carbocycles. The van der Waals surface area contributed by atoms with E-state index in [1.807, 2.05) is 53.4 Å². The fourth-order valence-corrected chi connectivity index (χ4v) is 3.58. The number of urea groups is 1. The molecule has 2 aromatic rings. The Kier molecular flexibility index (Phi) is 7.12. The maximum Gasteiger partial charge on any atom is 0.326 e. The summed E-state index contributed by atoms with van der Waals surface area (Å²) in [5.74, 6) is -1.30. The van der Waals surface area contributed by atoms with Gasteiger partial charge in [-0.25, -0.2) is 9.59 Å². The van der Waals surface area contributed by atoms with Crippen LogP contribution in [0.3, 0.4) is 0 Å². The Morgan fingerprint density at radius 3 is 2.13 bits per heavy atom. The number of hydrogen-bond acceptors (Lipinski definition) is 4. The Labute approximate surface area is 181 Å². The number of para-hydroxylation sites is 2. The number of nitrogens with one attached hydrogen (secondary N) is 2. The molecule has 0 spiro atoms. The molecule has 0 aromatic heterocycles. The summed E-state index contributed by atoms with van der Waals surface area (Å²) >= 11 is 0. The van der Waals surface area contributed by atoms with Crippen molar-refractivity contribution < 1.29 is 19.5 Å². The quantitative estimate of drug-likeness (QED) is 0.662. The molecule has 0 bridgehead atoms. The zero-order valence-corrected chi connectivity index (χ0v) is 17.7. The second-order valence-corrected chi connectivity index (χ2v) is 7.82. The molecular weight excluding hydrogens is 396 g/mol. The lowest BCUT2D eigenvalue weighted by Crippen LogP contribution is -2.49. The van der Waals surface area contributed by atoms with Gasteiger partial charge in [0, 0.05) is 31.7 Å². The summed E-state index contributed by atoms with van der Waals surface area (Å²) in [6.07, 6.45) is 0. The maximum atomic E-state index is 12.7. The fourth-order valence-electron chi connectivity index (χ4n) is 3.58. The smallest absolute Gasteiger partial charge is 0.326 e. The van der Waals surface area contributed by atoms with E-state index in [0.717, 1.165) is 5.69 Å². The van der Waals surface area contributed by atoms with Crippen LogP contribution in [0.4, 0.5) is 16.2 Å². The highest BCUT2D eigenvalue weighted by atomic mass is 16.4. The summed E-state index contributed by atoms with van der Waals surface area (Å²) in [6, 6.07) is 15.1. The Bertz CT molecular complexity index is 924. The van der Waals surface area contributed by atoms with Crippen LogP contribution in [0, 0.1) is 5.92 Å². The van der Waals surface area contributed by atoms with Gasteiger partial charge in [0.1, 0.15) is 6.04 Å². The SMILES string of the molecule is CC(C)C(NC(=O)Nc1ccccc1N1CCN(C(=O)c2ccccc2)CC1)C(=O)O. The summed E-state index contributed by atoms with van der Waals surface area (Å²) in [6.45, 7) is 5.88. The number of anilines is 2. The number of carboxylic acids is 1. The molecule has 8 heteroatoms. The molecule has 1 unspecified atom stereocenters. The van der Waals surface area contributed by atoms with Gasteiger partial charge in [0.2, 0.25) is 0 Å². The van der Waals surface area contributed by atoms with Gasteiger partial charge in [-0.15, -0.1) is 0 Å². The van der Waals surface area contributed by atoms with E-state index in [2.05, 4.69) is 15.5 Å². The molecule has 1 heterocycles.